The molecule has 1 aromatic rings. The average molecular weight is 318 g/mol. The number of halogens is 1. The second-order valence-electron chi connectivity index (χ2n) is 5.60. The molecule has 6 nitrogen and oxygen atoms in total. The zero-order valence-electron chi connectivity index (χ0n) is 12.1. The molecule has 2 atom stereocenters. The van der Waals surface area contributed by atoms with Gasteiger partial charge in [0, 0.05) is 12.1 Å². The van der Waals surface area contributed by atoms with Crippen LogP contribution in [0.15, 0.2) is 18.2 Å². The smallest absolute Gasteiger partial charge is 0.407 e. The lowest BCUT2D eigenvalue weighted by Crippen LogP contribution is -2.38. The highest BCUT2D eigenvalue weighted by molar-refractivity contribution is 6.31. The summed E-state index contributed by atoms with van der Waals surface area (Å²) in [4.78, 5) is 11.4. The minimum absolute atomic E-state index is 0.0441. The van der Waals surface area contributed by atoms with E-state index in [9.17, 15) is 20.1 Å². The summed E-state index contributed by atoms with van der Waals surface area (Å²) >= 11 is 5.88. The maximum absolute atomic E-state index is 11.4. The standard InChI is InChI=1S/C14H20ClNO5/c1-14(2,3)21-13(20)16-7-11(18)12(19)9-5-4-8(17)6-10(9)15/h4-6,11-12,17-19H,7H2,1-3H3,(H,16,20). The van der Waals surface area contributed by atoms with E-state index in [0.717, 1.165) is 0 Å². The lowest BCUT2D eigenvalue weighted by atomic mass is 10.0. The van der Waals surface area contributed by atoms with Crippen molar-refractivity contribution in [3.63, 3.8) is 0 Å². The van der Waals surface area contributed by atoms with Crippen LogP contribution in [0, 0.1) is 0 Å². The van der Waals surface area contributed by atoms with Crippen molar-refractivity contribution in [2.45, 2.75) is 38.6 Å². The normalized spacial score (nSPS) is 14.4. The predicted molar refractivity (Wildman–Crippen MR) is 78.3 cm³/mol. The molecule has 0 aliphatic rings. The molecular weight excluding hydrogens is 298 g/mol. The summed E-state index contributed by atoms with van der Waals surface area (Å²) in [5, 5.41) is 31.6. The Morgan fingerprint density at radius 2 is 2.00 bits per heavy atom. The van der Waals surface area contributed by atoms with Crippen molar-refractivity contribution < 1.29 is 24.9 Å². The van der Waals surface area contributed by atoms with Gasteiger partial charge in [-0.05, 0) is 32.9 Å². The van der Waals surface area contributed by atoms with Crippen LogP contribution in [0.2, 0.25) is 5.02 Å². The van der Waals surface area contributed by atoms with E-state index in [0.29, 0.717) is 0 Å². The summed E-state index contributed by atoms with van der Waals surface area (Å²) in [6.07, 6.45) is -3.25. The summed E-state index contributed by atoms with van der Waals surface area (Å²) in [5.41, 5.74) is -0.388. The quantitative estimate of drug-likeness (QED) is 0.680. The Hall–Kier alpha value is -1.50. The van der Waals surface area contributed by atoms with Crippen molar-refractivity contribution in [2.24, 2.45) is 0 Å². The molecule has 0 aliphatic carbocycles. The van der Waals surface area contributed by atoms with Crippen LogP contribution in [0.4, 0.5) is 4.79 Å². The molecule has 0 heterocycles. The lowest BCUT2D eigenvalue weighted by Gasteiger charge is -2.22. The van der Waals surface area contributed by atoms with Gasteiger partial charge in [0.25, 0.3) is 0 Å². The summed E-state index contributed by atoms with van der Waals surface area (Å²) < 4.78 is 5.01. The number of nitrogens with one attached hydrogen (secondary N) is 1. The van der Waals surface area contributed by atoms with Gasteiger partial charge in [-0.2, -0.15) is 0 Å². The molecule has 4 N–H and O–H groups in total. The number of hydrogen-bond acceptors (Lipinski definition) is 5. The van der Waals surface area contributed by atoms with Crippen LogP contribution in [0.5, 0.6) is 5.75 Å². The van der Waals surface area contributed by atoms with E-state index >= 15 is 0 Å². The number of aliphatic hydroxyl groups is 2. The van der Waals surface area contributed by atoms with Gasteiger partial charge in [0.15, 0.2) is 0 Å². The van der Waals surface area contributed by atoms with Gasteiger partial charge in [-0.15, -0.1) is 0 Å². The van der Waals surface area contributed by atoms with Gasteiger partial charge in [-0.25, -0.2) is 4.79 Å². The van der Waals surface area contributed by atoms with Gasteiger partial charge in [-0.3, -0.25) is 0 Å². The van der Waals surface area contributed by atoms with Crippen LogP contribution >= 0.6 is 11.6 Å². The first-order chi connectivity index (χ1) is 9.60. The number of aliphatic hydroxyl groups excluding tert-OH is 2. The maximum atomic E-state index is 11.4. The zero-order valence-corrected chi connectivity index (χ0v) is 12.9. The molecule has 0 bridgehead atoms. The molecule has 0 aliphatic heterocycles. The number of rotatable bonds is 4. The lowest BCUT2D eigenvalue weighted by molar-refractivity contribution is 0.0130. The van der Waals surface area contributed by atoms with Crippen molar-refractivity contribution in [2.75, 3.05) is 6.54 Å². The Bertz CT molecular complexity index is 501. The van der Waals surface area contributed by atoms with Crippen LogP contribution in [-0.4, -0.2) is 39.7 Å². The molecule has 1 aromatic carbocycles. The third-order valence-corrected chi connectivity index (χ3v) is 2.85. The number of carbonyl (C=O) groups is 1. The molecular formula is C14H20ClNO5. The number of alkyl carbamates (subject to hydrolysis) is 1. The van der Waals surface area contributed by atoms with Gasteiger partial charge in [0.2, 0.25) is 0 Å². The SMILES string of the molecule is CC(C)(C)OC(=O)NCC(O)C(O)c1ccc(O)cc1Cl. The van der Waals surface area contributed by atoms with Gasteiger partial charge in [-0.1, -0.05) is 17.7 Å². The molecule has 0 spiro atoms. The number of ether oxygens (including phenoxy) is 1. The second kappa shape index (κ2) is 6.98. The minimum Gasteiger partial charge on any atom is -0.508 e. The number of carbonyl (C=O) groups excluding carboxylic acids is 1. The highest BCUT2D eigenvalue weighted by Gasteiger charge is 2.23. The van der Waals surface area contributed by atoms with Gasteiger partial charge >= 0.3 is 6.09 Å². The largest absolute Gasteiger partial charge is 0.508 e. The molecule has 1 amide bonds. The third-order valence-electron chi connectivity index (χ3n) is 2.52. The van der Waals surface area contributed by atoms with Crippen molar-refractivity contribution in [1.29, 1.82) is 0 Å². The molecule has 21 heavy (non-hydrogen) atoms. The number of aromatic hydroxyl groups is 1. The van der Waals surface area contributed by atoms with Crippen molar-refractivity contribution in [3.05, 3.63) is 28.8 Å². The van der Waals surface area contributed by atoms with E-state index in [-0.39, 0.29) is 22.9 Å². The Morgan fingerprint density at radius 1 is 1.38 bits per heavy atom. The van der Waals surface area contributed by atoms with Gasteiger partial charge in [0.05, 0.1) is 5.02 Å². The molecule has 2 unspecified atom stereocenters. The first-order valence-corrected chi connectivity index (χ1v) is 6.79. The van der Waals surface area contributed by atoms with E-state index < -0.39 is 23.9 Å². The predicted octanol–water partition coefficient (Wildman–Crippen LogP) is 1.96. The molecule has 1 rings (SSSR count). The van der Waals surface area contributed by atoms with E-state index in [1.807, 2.05) is 0 Å². The molecule has 0 fully saturated rings. The van der Waals surface area contributed by atoms with Crippen LogP contribution in [0.1, 0.15) is 32.4 Å². The Kier molecular flexibility index (Phi) is 5.83. The number of phenols is 1. The number of phenolic OH excluding ortho intramolecular Hbond substituents is 1. The summed E-state index contributed by atoms with van der Waals surface area (Å²) in [7, 11) is 0. The molecule has 0 radical (unpaired) electrons. The molecule has 7 heteroatoms. The average Bonchev–Trinajstić information content (AvgIpc) is 2.33. The Labute approximate surface area is 128 Å². The Balaban J connectivity index is 2.59. The third kappa shape index (κ3) is 5.79. The topological polar surface area (TPSA) is 99.0 Å². The van der Waals surface area contributed by atoms with E-state index in [1.165, 1.54) is 18.2 Å². The highest BCUT2D eigenvalue weighted by Crippen LogP contribution is 2.28. The number of amides is 1. The maximum Gasteiger partial charge on any atom is 0.407 e. The van der Waals surface area contributed by atoms with Crippen molar-refractivity contribution >= 4 is 17.7 Å². The Morgan fingerprint density at radius 3 is 2.52 bits per heavy atom. The summed E-state index contributed by atoms with van der Waals surface area (Å²) in [6, 6.07) is 4.01. The van der Waals surface area contributed by atoms with E-state index in [1.54, 1.807) is 20.8 Å². The van der Waals surface area contributed by atoms with Crippen molar-refractivity contribution in [3.8, 4) is 5.75 Å². The summed E-state index contributed by atoms with van der Waals surface area (Å²) in [6.45, 7) is 4.95. The fourth-order valence-corrected chi connectivity index (χ4v) is 1.86. The van der Waals surface area contributed by atoms with Crippen LogP contribution in [0.25, 0.3) is 0 Å². The van der Waals surface area contributed by atoms with E-state index in [2.05, 4.69) is 5.32 Å². The monoisotopic (exact) mass is 317 g/mol. The fourth-order valence-electron chi connectivity index (χ4n) is 1.58. The molecule has 0 saturated heterocycles. The molecule has 0 saturated carbocycles. The zero-order chi connectivity index (χ0) is 16.2. The first-order valence-electron chi connectivity index (χ1n) is 6.41. The first kappa shape index (κ1) is 17.6. The van der Waals surface area contributed by atoms with Crippen molar-refractivity contribution in [1.82, 2.24) is 5.32 Å². The highest BCUT2D eigenvalue weighted by atomic mass is 35.5. The minimum atomic E-state index is -1.30. The fraction of sp³-hybridized carbons (Fsp3) is 0.500. The van der Waals surface area contributed by atoms with Crippen LogP contribution in [-0.2, 0) is 4.74 Å². The van der Waals surface area contributed by atoms with Gasteiger partial charge < -0.3 is 25.4 Å². The summed E-state index contributed by atoms with van der Waals surface area (Å²) in [5.74, 6) is -0.0441. The van der Waals surface area contributed by atoms with Crippen LogP contribution in [0.3, 0.4) is 0 Å². The van der Waals surface area contributed by atoms with Crippen LogP contribution < -0.4 is 5.32 Å². The number of benzene rings is 1. The van der Waals surface area contributed by atoms with E-state index in [4.69, 9.17) is 16.3 Å². The second-order valence-corrected chi connectivity index (χ2v) is 6.01. The molecule has 0 aromatic heterocycles. The molecule has 118 valence electrons. The van der Waals surface area contributed by atoms with Gasteiger partial charge in [0.1, 0.15) is 23.6 Å². The number of hydrogen-bond donors (Lipinski definition) is 4.